The molecule has 0 amide bonds. The van der Waals surface area contributed by atoms with Crippen molar-refractivity contribution in [2.45, 2.75) is 81.6 Å². The summed E-state index contributed by atoms with van der Waals surface area (Å²) in [5.41, 5.74) is 0.500. The van der Waals surface area contributed by atoms with Crippen LogP contribution in [0.1, 0.15) is 58.4 Å². The van der Waals surface area contributed by atoms with E-state index in [-0.39, 0.29) is 12.0 Å². The van der Waals surface area contributed by atoms with Crippen LogP contribution in [0.25, 0.3) is 0 Å². The lowest BCUT2D eigenvalue weighted by molar-refractivity contribution is -0.584. The second kappa shape index (κ2) is 7.83. The van der Waals surface area contributed by atoms with Gasteiger partial charge in [0.15, 0.2) is 11.9 Å². The third kappa shape index (κ3) is 3.32. The lowest BCUT2D eigenvalue weighted by Gasteiger charge is -2.63. The monoisotopic (exact) mass is 428 g/mol. The summed E-state index contributed by atoms with van der Waals surface area (Å²) in [6.45, 7) is 6.58. The van der Waals surface area contributed by atoms with E-state index in [1.165, 1.54) is 11.3 Å². The predicted octanol–water partition coefficient (Wildman–Crippen LogP) is 5.40. The van der Waals surface area contributed by atoms with Gasteiger partial charge >= 0.3 is 0 Å². The van der Waals surface area contributed by atoms with Crippen LogP contribution in [0, 0.1) is 35.5 Å². The molecule has 0 unspecified atom stereocenters. The summed E-state index contributed by atoms with van der Waals surface area (Å²) >= 11 is 1.74. The standard InChI is InChI=1S/C25H32O4S/c1-16-7-13-21-17(2)22(14-10-18-8-11-19(30-4)12-9-18)26-23-25(21)20(16)6-5-15-24(3,27-23)28-29-25/h8-9,11-12,16-17,20-23H,5-7,13,15H2,1-4H3/t16-,17-,20+,21+,22-,23-,24+,25-/m1/s1. The molecule has 4 nitrogen and oxygen atoms in total. The fourth-order valence-electron chi connectivity index (χ4n) is 6.12. The highest BCUT2D eigenvalue weighted by atomic mass is 32.2. The van der Waals surface area contributed by atoms with Crippen molar-refractivity contribution in [3.05, 3.63) is 29.8 Å². The van der Waals surface area contributed by atoms with Gasteiger partial charge in [-0.15, -0.1) is 11.8 Å². The Labute approximate surface area is 184 Å². The van der Waals surface area contributed by atoms with Crippen molar-refractivity contribution in [2.24, 2.45) is 23.7 Å². The molecule has 2 bridgehead atoms. The second-order valence-electron chi connectivity index (χ2n) is 9.68. The van der Waals surface area contributed by atoms with Crippen LogP contribution in [0.15, 0.2) is 29.2 Å². The molecule has 0 N–H and O–H groups in total. The molecule has 5 heteroatoms. The highest BCUT2D eigenvalue weighted by Gasteiger charge is 2.68. The number of thioether (sulfide) groups is 1. The van der Waals surface area contributed by atoms with Crippen molar-refractivity contribution in [3.63, 3.8) is 0 Å². The minimum Gasteiger partial charge on any atom is -0.333 e. The zero-order chi connectivity index (χ0) is 20.9. The van der Waals surface area contributed by atoms with E-state index in [1.54, 1.807) is 11.8 Å². The Morgan fingerprint density at radius 3 is 2.60 bits per heavy atom. The van der Waals surface area contributed by atoms with Gasteiger partial charge in [0.25, 0.3) is 0 Å². The summed E-state index contributed by atoms with van der Waals surface area (Å²) in [6.07, 6.45) is 6.86. The first-order chi connectivity index (χ1) is 14.4. The van der Waals surface area contributed by atoms with E-state index >= 15 is 0 Å². The zero-order valence-corrected chi connectivity index (χ0v) is 19.2. The van der Waals surface area contributed by atoms with E-state index in [0.29, 0.717) is 17.8 Å². The molecule has 1 aromatic rings. The highest BCUT2D eigenvalue weighted by Crippen LogP contribution is 2.59. The molecule has 4 saturated heterocycles. The number of benzene rings is 1. The van der Waals surface area contributed by atoms with Crippen LogP contribution in [0.2, 0.25) is 0 Å². The molecule has 0 aromatic heterocycles. The van der Waals surface area contributed by atoms with E-state index in [4.69, 9.17) is 19.2 Å². The molecular weight excluding hydrogens is 396 g/mol. The minimum absolute atomic E-state index is 0.173. The number of hydrogen-bond donors (Lipinski definition) is 0. The first-order valence-electron chi connectivity index (χ1n) is 11.3. The third-order valence-corrected chi connectivity index (χ3v) is 8.59. The number of hydrogen-bond acceptors (Lipinski definition) is 5. The van der Waals surface area contributed by atoms with E-state index in [0.717, 1.165) is 31.2 Å². The molecule has 0 radical (unpaired) electrons. The van der Waals surface area contributed by atoms with Crippen molar-refractivity contribution in [2.75, 3.05) is 6.26 Å². The van der Waals surface area contributed by atoms with Gasteiger partial charge in [-0.05, 0) is 80.9 Å². The average molecular weight is 429 g/mol. The Bertz CT molecular complexity index is 845. The fourth-order valence-corrected chi connectivity index (χ4v) is 6.53. The largest absolute Gasteiger partial charge is 0.333 e. The van der Waals surface area contributed by atoms with Gasteiger partial charge in [0, 0.05) is 22.8 Å². The minimum atomic E-state index is -0.738. The molecule has 5 fully saturated rings. The van der Waals surface area contributed by atoms with E-state index in [1.807, 2.05) is 6.92 Å². The Morgan fingerprint density at radius 2 is 1.83 bits per heavy atom. The summed E-state index contributed by atoms with van der Waals surface area (Å²) in [7, 11) is 0. The van der Waals surface area contributed by atoms with Crippen LogP contribution in [0.3, 0.4) is 0 Å². The highest BCUT2D eigenvalue weighted by molar-refractivity contribution is 7.98. The van der Waals surface area contributed by atoms with Crippen LogP contribution in [-0.2, 0) is 19.2 Å². The van der Waals surface area contributed by atoms with Gasteiger partial charge in [-0.1, -0.05) is 25.7 Å². The molecule has 6 rings (SSSR count). The quantitative estimate of drug-likeness (QED) is 0.340. The smallest absolute Gasteiger partial charge is 0.201 e. The van der Waals surface area contributed by atoms with Crippen molar-refractivity contribution < 1.29 is 19.2 Å². The lowest BCUT2D eigenvalue weighted by Crippen LogP contribution is -2.72. The molecular formula is C25H32O4S. The number of rotatable bonds is 1. The summed E-state index contributed by atoms with van der Waals surface area (Å²) in [5.74, 6) is 7.56. The van der Waals surface area contributed by atoms with E-state index < -0.39 is 17.7 Å². The summed E-state index contributed by atoms with van der Waals surface area (Å²) in [5, 5.41) is 0. The lowest BCUT2D eigenvalue weighted by atomic mass is 9.56. The van der Waals surface area contributed by atoms with Gasteiger partial charge in [-0.3, -0.25) is 0 Å². The van der Waals surface area contributed by atoms with Crippen molar-refractivity contribution in [1.82, 2.24) is 0 Å². The molecule has 162 valence electrons. The van der Waals surface area contributed by atoms with Crippen LogP contribution >= 0.6 is 11.8 Å². The normalized spacial score (nSPS) is 44.9. The molecule has 8 atom stereocenters. The summed E-state index contributed by atoms with van der Waals surface area (Å²) in [6, 6.07) is 8.40. The van der Waals surface area contributed by atoms with Crippen molar-refractivity contribution in [3.8, 4) is 11.8 Å². The van der Waals surface area contributed by atoms with Crippen molar-refractivity contribution in [1.29, 1.82) is 0 Å². The van der Waals surface area contributed by atoms with Crippen molar-refractivity contribution >= 4 is 11.8 Å². The molecule has 5 aliphatic rings. The Morgan fingerprint density at radius 1 is 1.03 bits per heavy atom. The Balaban J connectivity index is 1.47. The molecule has 1 saturated carbocycles. The molecule has 1 spiro atoms. The molecule has 1 aliphatic carbocycles. The molecule has 30 heavy (non-hydrogen) atoms. The van der Waals surface area contributed by atoms with E-state index in [2.05, 4.69) is 56.2 Å². The topological polar surface area (TPSA) is 36.9 Å². The maximum absolute atomic E-state index is 6.57. The SMILES string of the molecule is CSc1ccc(C#C[C@H]2O[C@@H]3O[C@]4(C)CCC[C@H]5[C@H](C)CC[C@@H]([C@H]2C)[C@@]35OO4)cc1. The number of ether oxygens (including phenoxy) is 2. The van der Waals surface area contributed by atoms with Crippen LogP contribution in [0.4, 0.5) is 0 Å². The van der Waals surface area contributed by atoms with Crippen LogP contribution in [-0.4, -0.2) is 30.0 Å². The molecule has 1 aromatic carbocycles. The number of fused-ring (bicyclic) bond motifs is 3. The van der Waals surface area contributed by atoms with E-state index in [9.17, 15) is 0 Å². The maximum Gasteiger partial charge on any atom is 0.201 e. The summed E-state index contributed by atoms with van der Waals surface area (Å²) in [4.78, 5) is 13.5. The average Bonchev–Trinajstić information content (AvgIpc) is 2.73. The molecule has 4 aliphatic heterocycles. The second-order valence-corrected chi connectivity index (χ2v) is 10.6. The van der Waals surface area contributed by atoms with Gasteiger partial charge in [-0.25, -0.2) is 9.78 Å². The van der Waals surface area contributed by atoms with Crippen LogP contribution in [0.5, 0.6) is 0 Å². The van der Waals surface area contributed by atoms with Gasteiger partial charge in [-0.2, -0.15) is 0 Å². The van der Waals surface area contributed by atoms with Gasteiger partial charge in [0.2, 0.25) is 5.79 Å². The first kappa shape index (κ1) is 20.8. The predicted molar refractivity (Wildman–Crippen MR) is 117 cm³/mol. The maximum atomic E-state index is 6.57. The van der Waals surface area contributed by atoms with Gasteiger partial charge < -0.3 is 9.47 Å². The first-order valence-corrected chi connectivity index (χ1v) is 12.5. The third-order valence-electron chi connectivity index (χ3n) is 7.84. The zero-order valence-electron chi connectivity index (χ0n) is 18.4. The van der Waals surface area contributed by atoms with Gasteiger partial charge in [0.1, 0.15) is 6.10 Å². The van der Waals surface area contributed by atoms with Gasteiger partial charge in [0.05, 0.1) is 0 Å². The summed E-state index contributed by atoms with van der Waals surface area (Å²) < 4.78 is 13.1. The molecule has 4 heterocycles. The fraction of sp³-hybridized carbons (Fsp3) is 0.680. The Hall–Kier alpha value is -1.03. The Kier molecular flexibility index (Phi) is 5.44. The van der Waals surface area contributed by atoms with Crippen LogP contribution < -0.4 is 0 Å².